The molecule has 13 heavy (non-hydrogen) atoms. The summed E-state index contributed by atoms with van der Waals surface area (Å²) in [5.41, 5.74) is 5.61. The Labute approximate surface area is 82.7 Å². The van der Waals surface area contributed by atoms with Crippen molar-refractivity contribution in [2.45, 2.75) is 33.6 Å². The van der Waals surface area contributed by atoms with E-state index in [1.807, 2.05) is 7.05 Å². The average Bonchev–Trinajstić information content (AvgIpc) is 2.17. The lowest BCUT2D eigenvalue weighted by Gasteiger charge is -2.14. The third-order valence-corrected chi connectivity index (χ3v) is 2.60. The van der Waals surface area contributed by atoms with E-state index in [1.165, 1.54) is 22.4 Å². The predicted octanol–water partition coefficient (Wildman–Crippen LogP) is 3.41. The zero-order valence-electron chi connectivity index (χ0n) is 9.07. The first-order valence-corrected chi connectivity index (χ1v) is 5.03. The highest BCUT2D eigenvalue weighted by Crippen LogP contribution is 2.24. The molecule has 0 aliphatic heterocycles. The molecule has 0 amide bonds. The number of anilines is 1. The van der Waals surface area contributed by atoms with Crippen molar-refractivity contribution in [3.8, 4) is 0 Å². The van der Waals surface area contributed by atoms with Crippen molar-refractivity contribution in [2.24, 2.45) is 0 Å². The number of rotatable bonds is 3. The molecule has 1 rings (SSSR count). The van der Waals surface area contributed by atoms with Crippen molar-refractivity contribution in [1.29, 1.82) is 0 Å². The van der Waals surface area contributed by atoms with Gasteiger partial charge in [-0.1, -0.05) is 26.0 Å². The van der Waals surface area contributed by atoms with Gasteiger partial charge in [0, 0.05) is 14.2 Å². The molecule has 0 aliphatic carbocycles. The van der Waals surface area contributed by atoms with Crippen LogP contribution < -0.4 is 5.32 Å². The van der Waals surface area contributed by atoms with Crippen molar-refractivity contribution in [3.05, 3.63) is 28.8 Å². The van der Waals surface area contributed by atoms with E-state index < -0.39 is 0 Å². The van der Waals surface area contributed by atoms with Gasteiger partial charge in [0.1, 0.15) is 0 Å². The van der Waals surface area contributed by atoms with Crippen molar-refractivity contribution in [3.63, 3.8) is 0 Å². The lowest BCUT2D eigenvalue weighted by atomic mass is 9.98. The first-order chi connectivity index (χ1) is 6.24. The van der Waals surface area contributed by atoms with E-state index >= 15 is 0 Å². The van der Waals surface area contributed by atoms with Crippen LogP contribution in [0.5, 0.6) is 0 Å². The minimum absolute atomic E-state index is 0. The molecule has 0 spiro atoms. The molecular weight excluding hydrogens is 158 g/mol. The Kier molecular flexibility index (Phi) is 3.35. The summed E-state index contributed by atoms with van der Waals surface area (Å²) in [6.45, 7) is 6.59. The Morgan fingerprint density at radius 1 is 1.23 bits per heavy atom. The van der Waals surface area contributed by atoms with Crippen LogP contribution in [0.25, 0.3) is 0 Å². The number of hydrogen-bond acceptors (Lipinski definition) is 1. The summed E-state index contributed by atoms with van der Waals surface area (Å²) in [4.78, 5) is 0. The van der Waals surface area contributed by atoms with Crippen molar-refractivity contribution in [2.75, 3.05) is 12.4 Å². The van der Waals surface area contributed by atoms with Gasteiger partial charge in [-0.05, 0) is 36.5 Å². The second-order valence-electron chi connectivity index (χ2n) is 3.35. The van der Waals surface area contributed by atoms with Gasteiger partial charge >= 0.3 is 0 Å². The van der Waals surface area contributed by atoms with E-state index in [4.69, 9.17) is 0 Å². The molecule has 1 aromatic rings. The summed E-state index contributed by atoms with van der Waals surface area (Å²) in [6, 6.07) is 4.44. The monoisotopic (exact) mass is 179 g/mol. The van der Waals surface area contributed by atoms with Gasteiger partial charge in [-0.2, -0.15) is 0 Å². The van der Waals surface area contributed by atoms with Gasteiger partial charge in [0.05, 0.1) is 0 Å². The molecule has 0 fully saturated rings. The molecule has 0 heterocycles. The summed E-state index contributed by atoms with van der Waals surface area (Å²) < 4.78 is 0. The SMILES string of the molecule is CCc1ccc(C)c(NC)c1CC.[HH]. The highest BCUT2D eigenvalue weighted by molar-refractivity contribution is 5.59. The van der Waals surface area contributed by atoms with Gasteiger partial charge in [0.25, 0.3) is 0 Å². The van der Waals surface area contributed by atoms with Gasteiger partial charge in [-0.15, -0.1) is 0 Å². The van der Waals surface area contributed by atoms with Crippen LogP contribution in [0.1, 0.15) is 32.0 Å². The average molecular weight is 179 g/mol. The van der Waals surface area contributed by atoms with Crippen LogP contribution >= 0.6 is 0 Å². The molecule has 0 unspecified atom stereocenters. The Hall–Kier alpha value is -0.980. The van der Waals surface area contributed by atoms with Crippen LogP contribution in [0.4, 0.5) is 5.69 Å². The summed E-state index contributed by atoms with van der Waals surface area (Å²) in [7, 11) is 2.00. The van der Waals surface area contributed by atoms with Crippen LogP contribution in [0.15, 0.2) is 12.1 Å². The van der Waals surface area contributed by atoms with E-state index in [1.54, 1.807) is 0 Å². The van der Waals surface area contributed by atoms with E-state index in [9.17, 15) is 0 Å². The fourth-order valence-corrected chi connectivity index (χ4v) is 1.89. The van der Waals surface area contributed by atoms with E-state index in [-0.39, 0.29) is 1.43 Å². The second kappa shape index (κ2) is 4.31. The standard InChI is InChI=1S/C12H19N.H2/c1-5-10-8-7-9(3)12(13-4)11(10)6-2;/h7-8,13H,5-6H2,1-4H3;1H. The fraction of sp³-hybridized carbons (Fsp3) is 0.500. The van der Waals surface area contributed by atoms with Gasteiger partial charge in [-0.3, -0.25) is 0 Å². The smallest absolute Gasteiger partial charge is 0.0402 e. The minimum atomic E-state index is 0. The molecule has 1 aromatic carbocycles. The molecule has 1 N–H and O–H groups in total. The Balaban J connectivity index is 0.00000169. The molecule has 74 valence electrons. The van der Waals surface area contributed by atoms with Crippen LogP contribution in [-0.4, -0.2) is 7.05 Å². The Morgan fingerprint density at radius 2 is 1.92 bits per heavy atom. The van der Waals surface area contributed by atoms with Gasteiger partial charge in [0.2, 0.25) is 0 Å². The van der Waals surface area contributed by atoms with Gasteiger partial charge < -0.3 is 5.32 Å². The molecule has 0 saturated carbocycles. The first-order valence-electron chi connectivity index (χ1n) is 5.03. The Bertz CT molecular complexity index is 295. The summed E-state index contributed by atoms with van der Waals surface area (Å²) >= 11 is 0. The van der Waals surface area contributed by atoms with Gasteiger partial charge in [-0.25, -0.2) is 0 Å². The molecule has 1 nitrogen and oxygen atoms in total. The van der Waals surface area contributed by atoms with Crippen molar-refractivity contribution < 1.29 is 1.43 Å². The van der Waals surface area contributed by atoms with Crippen molar-refractivity contribution in [1.82, 2.24) is 0 Å². The quantitative estimate of drug-likeness (QED) is 0.749. The highest BCUT2D eigenvalue weighted by Gasteiger charge is 2.06. The minimum Gasteiger partial charge on any atom is -0.388 e. The number of benzene rings is 1. The van der Waals surface area contributed by atoms with E-state index in [2.05, 4.69) is 38.2 Å². The maximum absolute atomic E-state index is 3.29. The van der Waals surface area contributed by atoms with E-state index in [0.29, 0.717) is 0 Å². The molecule has 0 saturated heterocycles. The Morgan fingerprint density at radius 3 is 2.38 bits per heavy atom. The summed E-state index contributed by atoms with van der Waals surface area (Å²) in [5, 5.41) is 3.29. The lowest BCUT2D eigenvalue weighted by molar-refractivity contribution is 1.03. The summed E-state index contributed by atoms with van der Waals surface area (Å²) in [5.74, 6) is 0. The number of hydrogen-bond donors (Lipinski definition) is 1. The summed E-state index contributed by atoms with van der Waals surface area (Å²) in [6.07, 6.45) is 2.24. The maximum atomic E-state index is 3.29. The third kappa shape index (κ3) is 1.85. The maximum Gasteiger partial charge on any atom is 0.0402 e. The topological polar surface area (TPSA) is 12.0 Å². The highest BCUT2D eigenvalue weighted by atomic mass is 14.8. The van der Waals surface area contributed by atoms with Gasteiger partial charge in [0.15, 0.2) is 0 Å². The zero-order chi connectivity index (χ0) is 9.84. The fourth-order valence-electron chi connectivity index (χ4n) is 1.89. The number of aryl methyl sites for hydroxylation is 2. The van der Waals surface area contributed by atoms with E-state index in [0.717, 1.165) is 12.8 Å². The molecule has 1 heteroatoms. The molecular formula is C12H21N. The largest absolute Gasteiger partial charge is 0.388 e. The third-order valence-electron chi connectivity index (χ3n) is 2.60. The zero-order valence-corrected chi connectivity index (χ0v) is 9.07. The van der Waals surface area contributed by atoms with Crippen molar-refractivity contribution >= 4 is 5.69 Å². The number of nitrogens with one attached hydrogen (secondary N) is 1. The van der Waals surface area contributed by atoms with Crippen LogP contribution in [-0.2, 0) is 12.8 Å². The normalized spacial score (nSPS) is 10.2. The molecule has 0 bridgehead atoms. The molecule has 0 atom stereocenters. The first kappa shape index (κ1) is 10.1. The molecule has 0 radical (unpaired) electrons. The predicted molar refractivity (Wildman–Crippen MR) is 61.6 cm³/mol. The molecule has 0 aliphatic rings. The second-order valence-corrected chi connectivity index (χ2v) is 3.35. The lowest BCUT2D eigenvalue weighted by Crippen LogP contribution is -2.01. The van der Waals surface area contributed by atoms with Crippen LogP contribution in [0, 0.1) is 6.92 Å². The van der Waals surface area contributed by atoms with Crippen LogP contribution in [0.2, 0.25) is 0 Å². The molecule has 0 aromatic heterocycles. The van der Waals surface area contributed by atoms with Crippen LogP contribution in [0.3, 0.4) is 0 Å².